The molecule has 0 saturated carbocycles. The van der Waals surface area contributed by atoms with Crippen LogP contribution in [0.5, 0.6) is 0 Å². The van der Waals surface area contributed by atoms with Crippen LogP contribution in [0.3, 0.4) is 0 Å². The molecule has 0 aromatic rings. The number of carbonyl (C=O) groups is 2. The van der Waals surface area contributed by atoms with Crippen LogP contribution in [0, 0.1) is 0 Å². The molecule has 2 rings (SSSR count). The van der Waals surface area contributed by atoms with Crippen molar-refractivity contribution in [2.45, 2.75) is 12.1 Å². The average Bonchev–Trinajstić information content (AvgIpc) is 2.57. The van der Waals surface area contributed by atoms with Crippen molar-refractivity contribution < 1.29 is 9.59 Å². The van der Waals surface area contributed by atoms with E-state index in [1.165, 1.54) is 9.80 Å². The Balaban J connectivity index is 2.29. The molecule has 24 heavy (non-hydrogen) atoms. The maximum Gasteiger partial charge on any atom is 0.260 e. The third kappa shape index (κ3) is 2.49. The van der Waals surface area contributed by atoms with Gasteiger partial charge in [0.2, 0.25) is 0 Å². The number of hydrogen-bond acceptors (Lipinski definition) is 6. The molecule has 2 aliphatic heterocycles. The summed E-state index contributed by atoms with van der Waals surface area (Å²) in [5.74, 6) is 0.411. The predicted molar refractivity (Wildman–Crippen MR) is 90.1 cm³/mol. The molecule has 0 aliphatic carbocycles. The SMILES string of the molecule is C=C1C(N=NC2C(=C)N(C)C(=C)N(C)C2=O)C(=O)N(C)C(=C)N1C. The smallest absolute Gasteiger partial charge is 0.260 e. The minimum Gasteiger partial charge on any atom is -0.333 e. The number of hydrogen-bond donors (Lipinski definition) is 0. The second-order valence-corrected chi connectivity index (χ2v) is 5.76. The lowest BCUT2D eigenvalue weighted by molar-refractivity contribution is -0.133. The van der Waals surface area contributed by atoms with Crippen LogP contribution >= 0.6 is 0 Å². The lowest BCUT2D eigenvalue weighted by Gasteiger charge is -2.39. The molecule has 0 radical (unpaired) electrons. The van der Waals surface area contributed by atoms with Gasteiger partial charge in [0.25, 0.3) is 11.8 Å². The van der Waals surface area contributed by atoms with Gasteiger partial charge in [0.15, 0.2) is 12.1 Å². The number of azo groups is 1. The second kappa shape index (κ2) is 5.95. The van der Waals surface area contributed by atoms with Crippen LogP contribution in [0.15, 0.2) is 59.6 Å². The number of nitrogens with zero attached hydrogens (tertiary/aromatic N) is 6. The Bertz CT molecular complexity index is 589. The average molecular weight is 330 g/mol. The third-order valence-corrected chi connectivity index (χ3v) is 4.47. The fraction of sp³-hybridized carbons (Fsp3) is 0.375. The molecule has 8 nitrogen and oxygen atoms in total. The summed E-state index contributed by atoms with van der Waals surface area (Å²) in [7, 11) is 6.69. The molecular formula is C16H22N6O2. The van der Waals surface area contributed by atoms with Gasteiger partial charge >= 0.3 is 0 Å². The maximum atomic E-state index is 12.4. The number of rotatable bonds is 2. The molecule has 0 spiro atoms. The van der Waals surface area contributed by atoms with Crippen LogP contribution < -0.4 is 0 Å². The van der Waals surface area contributed by atoms with Crippen LogP contribution in [0.4, 0.5) is 0 Å². The Labute approximate surface area is 141 Å². The van der Waals surface area contributed by atoms with Crippen molar-refractivity contribution in [3.8, 4) is 0 Å². The van der Waals surface area contributed by atoms with E-state index in [0.29, 0.717) is 23.0 Å². The van der Waals surface area contributed by atoms with Crippen molar-refractivity contribution >= 4 is 11.8 Å². The van der Waals surface area contributed by atoms with E-state index < -0.39 is 12.1 Å². The molecule has 8 heteroatoms. The molecule has 2 aliphatic rings. The number of amides is 2. The van der Waals surface area contributed by atoms with E-state index in [1.54, 1.807) is 38.0 Å². The van der Waals surface area contributed by atoms with Crippen LogP contribution in [-0.2, 0) is 9.59 Å². The highest BCUT2D eigenvalue weighted by Crippen LogP contribution is 2.27. The molecule has 2 atom stereocenters. The second-order valence-electron chi connectivity index (χ2n) is 5.76. The number of likely N-dealkylation sites (N-methyl/N-ethyl adjacent to an activating group) is 4. The minimum atomic E-state index is -0.896. The molecule has 2 unspecified atom stereocenters. The van der Waals surface area contributed by atoms with Gasteiger partial charge in [-0.05, 0) is 0 Å². The van der Waals surface area contributed by atoms with E-state index in [4.69, 9.17) is 0 Å². The van der Waals surface area contributed by atoms with Crippen molar-refractivity contribution in [3.05, 3.63) is 49.4 Å². The topological polar surface area (TPSA) is 71.8 Å². The summed E-state index contributed by atoms with van der Waals surface area (Å²) in [5.41, 5.74) is 0.902. The molecule has 2 fully saturated rings. The van der Waals surface area contributed by atoms with Crippen molar-refractivity contribution in [3.63, 3.8) is 0 Å². The Morgan fingerprint density at radius 2 is 0.958 bits per heavy atom. The Hall–Kier alpha value is -2.90. The van der Waals surface area contributed by atoms with Gasteiger partial charge in [0, 0.05) is 39.6 Å². The van der Waals surface area contributed by atoms with Gasteiger partial charge in [-0.1, -0.05) is 26.3 Å². The highest BCUT2D eigenvalue weighted by atomic mass is 16.2. The van der Waals surface area contributed by atoms with Crippen molar-refractivity contribution in [1.29, 1.82) is 0 Å². The summed E-state index contributed by atoms with van der Waals surface area (Å²) in [4.78, 5) is 30.9. The van der Waals surface area contributed by atoms with E-state index in [9.17, 15) is 9.59 Å². The van der Waals surface area contributed by atoms with E-state index in [0.717, 1.165) is 0 Å². The van der Waals surface area contributed by atoms with E-state index in [-0.39, 0.29) is 11.8 Å². The molecule has 2 saturated heterocycles. The first kappa shape index (κ1) is 17.5. The van der Waals surface area contributed by atoms with Gasteiger partial charge in [0.1, 0.15) is 11.6 Å². The summed E-state index contributed by atoms with van der Waals surface area (Å²) in [6, 6.07) is -1.79. The zero-order chi connectivity index (χ0) is 18.3. The van der Waals surface area contributed by atoms with E-state index in [2.05, 4.69) is 36.5 Å². The molecule has 0 bridgehead atoms. The zero-order valence-electron chi connectivity index (χ0n) is 14.5. The van der Waals surface area contributed by atoms with E-state index >= 15 is 0 Å². The van der Waals surface area contributed by atoms with Gasteiger partial charge in [-0.15, -0.1) is 0 Å². The fourth-order valence-electron chi connectivity index (χ4n) is 2.42. The highest BCUT2D eigenvalue weighted by Gasteiger charge is 2.38. The van der Waals surface area contributed by atoms with Gasteiger partial charge in [-0.25, -0.2) is 0 Å². The van der Waals surface area contributed by atoms with Crippen molar-refractivity contribution in [2.75, 3.05) is 28.2 Å². The number of carbonyl (C=O) groups excluding carboxylic acids is 2. The standard InChI is InChI=1S/C16H22N6O2/c1-9-13(15(23)21(7)11(3)19(9)5)17-18-14-10(2)20(6)12(4)22(8)16(14)24/h13-14H,1-4H2,5-8H3. The maximum absolute atomic E-state index is 12.4. The highest BCUT2D eigenvalue weighted by molar-refractivity contribution is 5.89. The first-order valence-electron chi connectivity index (χ1n) is 7.27. The van der Waals surface area contributed by atoms with Crippen LogP contribution in [0.2, 0.25) is 0 Å². The normalized spacial score (nSPS) is 26.3. The van der Waals surface area contributed by atoms with Crippen molar-refractivity contribution in [1.82, 2.24) is 19.6 Å². The van der Waals surface area contributed by atoms with Gasteiger partial charge in [0.05, 0.1) is 0 Å². The molecule has 0 N–H and O–H groups in total. The van der Waals surface area contributed by atoms with Crippen molar-refractivity contribution in [2.24, 2.45) is 10.2 Å². The Morgan fingerprint density at radius 1 is 0.667 bits per heavy atom. The van der Waals surface area contributed by atoms with Gasteiger partial charge in [-0.2, -0.15) is 10.2 Å². The molecule has 2 heterocycles. The summed E-state index contributed by atoms with van der Waals surface area (Å²) in [6.45, 7) is 15.4. The molecule has 2 amide bonds. The van der Waals surface area contributed by atoms with E-state index in [1.807, 2.05) is 0 Å². The lowest BCUT2D eigenvalue weighted by atomic mass is 10.1. The quantitative estimate of drug-likeness (QED) is 0.707. The molecular weight excluding hydrogens is 308 g/mol. The predicted octanol–water partition coefficient (Wildman–Crippen LogP) is 0.953. The van der Waals surface area contributed by atoms with Gasteiger partial charge < -0.3 is 9.80 Å². The monoisotopic (exact) mass is 330 g/mol. The Kier molecular flexibility index (Phi) is 4.33. The molecule has 0 aromatic heterocycles. The summed E-state index contributed by atoms with van der Waals surface area (Å²) >= 11 is 0. The van der Waals surface area contributed by atoms with Crippen LogP contribution in [0.25, 0.3) is 0 Å². The largest absolute Gasteiger partial charge is 0.333 e. The summed E-state index contributed by atoms with van der Waals surface area (Å²) in [5, 5.41) is 8.17. The van der Waals surface area contributed by atoms with Crippen LogP contribution in [-0.4, -0.2) is 71.7 Å². The third-order valence-electron chi connectivity index (χ3n) is 4.47. The van der Waals surface area contributed by atoms with Crippen LogP contribution in [0.1, 0.15) is 0 Å². The lowest BCUT2D eigenvalue weighted by Crippen LogP contribution is -2.49. The fourth-order valence-corrected chi connectivity index (χ4v) is 2.42. The first-order valence-corrected chi connectivity index (χ1v) is 7.27. The molecule has 0 aromatic carbocycles. The first-order chi connectivity index (χ1) is 11.1. The van der Waals surface area contributed by atoms with Gasteiger partial charge in [-0.3, -0.25) is 19.4 Å². The summed E-state index contributed by atoms with van der Waals surface area (Å²) < 4.78 is 0. The Morgan fingerprint density at radius 3 is 1.25 bits per heavy atom. The minimum absolute atomic E-state index is 0.299. The zero-order valence-corrected chi connectivity index (χ0v) is 14.5. The summed E-state index contributed by atoms with van der Waals surface area (Å²) in [6.07, 6.45) is 0. The molecule has 128 valence electrons.